The van der Waals surface area contributed by atoms with Gasteiger partial charge in [-0.25, -0.2) is 23.5 Å². The maximum atomic E-state index is 14.3. The van der Waals surface area contributed by atoms with Gasteiger partial charge in [-0.3, -0.25) is 0 Å². The van der Waals surface area contributed by atoms with Crippen molar-refractivity contribution in [2.24, 2.45) is 0 Å². The fourth-order valence-electron chi connectivity index (χ4n) is 2.20. The van der Waals surface area contributed by atoms with E-state index in [4.69, 9.17) is 4.74 Å². The zero-order valence-corrected chi connectivity index (χ0v) is 13.4. The molecular weight excluding hydrogens is 326 g/mol. The zero-order valence-electron chi connectivity index (χ0n) is 13.4. The van der Waals surface area contributed by atoms with E-state index in [1.165, 1.54) is 36.4 Å². The van der Waals surface area contributed by atoms with Gasteiger partial charge in [-0.1, -0.05) is 19.1 Å². The number of aryl methyl sites for hydroxylation is 1. The summed E-state index contributed by atoms with van der Waals surface area (Å²) in [5, 5.41) is 0. The van der Waals surface area contributed by atoms with Crippen LogP contribution < -0.4 is 4.74 Å². The lowest BCUT2D eigenvalue weighted by Gasteiger charge is -2.07. The van der Waals surface area contributed by atoms with E-state index >= 15 is 0 Å². The standard InChI is InChI=1S/C19H14F2N2O2/c1-2-12-10-22-18(23-11-12)13-6-7-16(17(21)8-13)19(24)25-15-5-3-4-14(20)9-15/h3-11H,2H2,1H3. The van der Waals surface area contributed by atoms with Crippen LogP contribution in [0.5, 0.6) is 5.75 Å². The van der Waals surface area contributed by atoms with Crippen LogP contribution in [0.25, 0.3) is 11.4 Å². The van der Waals surface area contributed by atoms with Gasteiger partial charge < -0.3 is 4.74 Å². The number of carbonyl (C=O) groups excluding carboxylic acids is 1. The van der Waals surface area contributed by atoms with Crippen LogP contribution >= 0.6 is 0 Å². The summed E-state index contributed by atoms with van der Waals surface area (Å²) in [7, 11) is 0. The van der Waals surface area contributed by atoms with Crippen molar-refractivity contribution >= 4 is 5.97 Å². The van der Waals surface area contributed by atoms with Gasteiger partial charge in [-0.15, -0.1) is 0 Å². The predicted octanol–water partition coefficient (Wildman–Crippen LogP) is 4.20. The van der Waals surface area contributed by atoms with E-state index in [0.29, 0.717) is 11.4 Å². The second-order valence-corrected chi connectivity index (χ2v) is 5.31. The van der Waals surface area contributed by atoms with E-state index in [0.717, 1.165) is 18.1 Å². The molecule has 3 aromatic rings. The minimum absolute atomic E-state index is 0.00645. The Hall–Kier alpha value is -3.15. The van der Waals surface area contributed by atoms with E-state index in [1.54, 1.807) is 12.4 Å². The highest BCUT2D eigenvalue weighted by Crippen LogP contribution is 2.21. The first kappa shape index (κ1) is 16.7. The fourth-order valence-corrected chi connectivity index (χ4v) is 2.20. The number of ether oxygens (including phenoxy) is 1. The lowest BCUT2D eigenvalue weighted by atomic mass is 10.1. The van der Waals surface area contributed by atoms with Crippen LogP contribution in [0.2, 0.25) is 0 Å². The maximum Gasteiger partial charge on any atom is 0.346 e. The van der Waals surface area contributed by atoms with Crippen LogP contribution in [0.1, 0.15) is 22.8 Å². The Balaban J connectivity index is 1.82. The van der Waals surface area contributed by atoms with E-state index in [-0.39, 0.29) is 11.3 Å². The number of carbonyl (C=O) groups is 1. The number of rotatable bonds is 4. The second kappa shape index (κ2) is 7.17. The third-order valence-corrected chi connectivity index (χ3v) is 3.57. The summed E-state index contributed by atoms with van der Waals surface area (Å²) >= 11 is 0. The van der Waals surface area contributed by atoms with Crippen molar-refractivity contribution in [2.75, 3.05) is 0 Å². The third-order valence-electron chi connectivity index (χ3n) is 3.57. The molecule has 3 rings (SSSR count). The smallest absolute Gasteiger partial charge is 0.346 e. The molecule has 0 fully saturated rings. The first-order valence-corrected chi connectivity index (χ1v) is 7.65. The Morgan fingerprint density at radius 2 is 1.84 bits per heavy atom. The van der Waals surface area contributed by atoms with Gasteiger partial charge in [0.05, 0.1) is 5.56 Å². The van der Waals surface area contributed by atoms with Crippen molar-refractivity contribution in [1.29, 1.82) is 0 Å². The summed E-state index contributed by atoms with van der Waals surface area (Å²) in [5.41, 5.74) is 1.17. The zero-order chi connectivity index (χ0) is 17.8. The van der Waals surface area contributed by atoms with Crippen molar-refractivity contribution < 1.29 is 18.3 Å². The molecule has 0 bridgehead atoms. The summed E-state index contributed by atoms with van der Waals surface area (Å²) < 4.78 is 32.4. The molecule has 4 nitrogen and oxygen atoms in total. The van der Waals surface area contributed by atoms with Gasteiger partial charge in [-0.2, -0.15) is 0 Å². The van der Waals surface area contributed by atoms with Crippen molar-refractivity contribution in [3.05, 3.63) is 77.6 Å². The molecular formula is C19H14F2N2O2. The summed E-state index contributed by atoms with van der Waals surface area (Å²) in [6, 6.07) is 9.08. The van der Waals surface area contributed by atoms with E-state index in [9.17, 15) is 13.6 Å². The first-order chi connectivity index (χ1) is 12.1. The molecule has 0 saturated heterocycles. The van der Waals surface area contributed by atoms with Crippen LogP contribution in [0.4, 0.5) is 8.78 Å². The Kier molecular flexibility index (Phi) is 4.79. The molecule has 6 heteroatoms. The molecule has 0 aliphatic rings. The van der Waals surface area contributed by atoms with Gasteiger partial charge in [0.15, 0.2) is 5.82 Å². The quantitative estimate of drug-likeness (QED) is 0.527. The molecule has 0 atom stereocenters. The molecule has 0 spiro atoms. The normalized spacial score (nSPS) is 10.5. The van der Waals surface area contributed by atoms with Crippen LogP contribution in [0.3, 0.4) is 0 Å². The Morgan fingerprint density at radius 3 is 2.48 bits per heavy atom. The summed E-state index contributed by atoms with van der Waals surface area (Å²) in [5.74, 6) is -1.85. The lowest BCUT2D eigenvalue weighted by Crippen LogP contribution is -2.11. The molecule has 0 unspecified atom stereocenters. The minimum Gasteiger partial charge on any atom is -0.423 e. The lowest BCUT2D eigenvalue weighted by molar-refractivity contribution is 0.0729. The largest absolute Gasteiger partial charge is 0.423 e. The number of aromatic nitrogens is 2. The molecule has 0 radical (unpaired) electrons. The average Bonchev–Trinajstić information content (AvgIpc) is 2.61. The monoisotopic (exact) mass is 340 g/mol. The predicted molar refractivity (Wildman–Crippen MR) is 88.2 cm³/mol. The Labute approximate surface area is 143 Å². The van der Waals surface area contributed by atoms with Crippen molar-refractivity contribution in [3.8, 4) is 17.1 Å². The van der Waals surface area contributed by atoms with E-state index < -0.39 is 17.6 Å². The average molecular weight is 340 g/mol. The first-order valence-electron chi connectivity index (χ1n) is 7.65. The maximum absolute atomic E-state index is 14.3. The summed E-state index contributed by atoms with van der Waals surface area (Å²) in [6.07, 6.45) is 4.15. The number of esters is 1. The van der Waals surface area contributed by atoms with Gasteiger partial charge in [0.25, 0.3) is 0 Å². The molecule has 0 amide bonds. The molecule has 1 aromatic heterocycles. The van der Waals surface area contributed by atoms with Crippen LogP contribution in [0, 0.1) is 11.6 Å². The topological polar surface area (TPSA) is 52.1 Å². The number of halogens is 2. The summed E-state index contributed by atoms with van der Waals surface area (Å²) in [6.45, 7) is 1.98. The Bertz CT molecular complexity index is 912. The highest BCUT2D eigenvalue weighted by molar-refractivity contribution is 5.91. The van der Waals surface area contributed by atoms with E-state index in [1.807, 2.05) is 6.92 Å². The molecule has 126 valence electrons. The second-order valence-electron chi connectivity index (χ2n) is 5.31. The third kappa shape index (κ3) is 3.85. The van der Waals surface area contributed by atoms with Crippen molar-refractivity contribution in [1.82, 2.24) is 9.97 Å². The van der Waals surface area contributed by atoms with Gasteiger partial charge in [0, 0.05) is 24.0 Å². The number of benzene rings is 2. The number of nitrogens with zero attached hydrogens (tertiary/aromatic N) is 2. The highest BCUT2D eigenvalue weighted by Gasteiger charge is 2.16. The SMILES string of the molecule is CCc1cnc(-c2ccc(C(=O)Oc3cccc(F)c3)c(F)c2)nc1. The molecule has 0 saturated carbocycles. The Morgan fingerprint density at radius 1 is 1.08 bits per heavy atom. The minimum atomic E-state index is -0.906. The molecule has 0 N–H and O–H groups in total. The van der Waals surface area contributed by atoms with Crippen LogP contribution in [0.15, 0.2) is 54.9 Å². The van der Waals surface area contributed by atoms with Gasteiger partial charge in [0.1, 0.15) is 17.4 Å². The van der Waals surface area contributed by atoms with Crippen LogP contribution in [-0.2, 0) is 6.42 Å². The van der Waals surface area contributed by atoms with Crippen molar-refractivity contribution in [2.45, 2.75) is 13.3 Å². The van der Waals surface area contributed by atoms with E-state index in [2.05, 4.69) is 9.97 Å². The molecule has 0 aliphatic carbocycles. The highest BCUT2D eigenvalue weighted by atomic mass is 19.1. The number of hydrogen-bond donors (Lipinski definition) is 0. The van der Waals surface area contributed by atoms with Crippen LogP contribution in [-0.4, -0.2) is 15.9 Å². The van der Waals surface area contributed by atoms with Gasteiger partial charge in [0.2, 0.25) is 0 Å². The van der Waals surface area contributed by atoms with Crippen molar-refractivity contribution in [3.63, 3.8) is 0 Å². The van der Waals surface area contributed by atoms with Gasteiger partial charge in [-0.05, 0) is 36.2 Å². The fraction of sp³-hybridized carbons (Fsp3) is 0.105. The summed E-state index contributed by atoms with van der Waals surface area (Å²) in [4.78, 5) is 20.4. The molecule has 2 aromatic carbocycles. The number of hydrogen-bond acceptors (Lipinski definition) is 4. The molecule has 0 aliphatic heterocycles. The van der Waals surface area contributed by atoms with Gasteiger partial charge >= 0.3 is 5.97 Å². The molecule has 1 heterocycles. The molecule has 25 heavy (non-hydrogen) atoms.